The molecule has 0 aromatic heterocycles. The Hall–Kier alpha value is -2.10. The molecule has 0 spiro atoms. The number of Topliss-reactive ketones (excluding diaryl/α,β-unsaturated/α-hetero) is 1. The summed E-state index contributed by atoms with van der Waals surface area (Å²) in [6.45, 7) is 1.34. The highest BCUT2D eigenvalue weighted by atomic mass is 16.3. The molecule has 16 heavy (non-hydrogen) atoms. The van der Waals surface area contributed by atoms with Crippen molar-refractivity contribution in [1.29, 1.82) is 0 Å². The van der Waals surface area contributed by atoms with Gasteiger partial charge in [-0.1, -0.05) is 24.3 Å². The Kier molecular flexibility index (Phi) is 2.48. The Bertz CT molecular complexity index is 503. The zero-order valence-corrected chi connectivity index (χ0v) is 8.78. The van der Waals surface area contributed by atoms with E-state index >= 15 is 0 Å². The number of carbonyl (C=O) groups excluding carboxylic acids is 2. The van der Waals surface area contributed by atoms with Crippen LogP contribution in [0.3, 0.4) is 0 Å². The number of ketones is 1. The minimum Gasteiger partial charge on any atom is -0.505 e. The molecular formula is C12H11NO3. The van der Waals surface area contributed by atoms with E-state index in [1.54, 1.807) is 24.3 Å². The minimum atomic E-state index is -0.297. The second kappa shape index (κ2) is 3.81. The standard InChI is InChI=1S/C12H11NO3/c1-7(14)13-10-6-11(15)8-4-2-3-5-9(8)12(10)16/h2-5,16H,6H2,1H3,(H,13,14). The highest BCUT2D eigenvalue weighted by molar-refractivity contribution is 6.05. The van der Waals surface area contributed by atoms with Crippen LogP contribution < -0.4 is 5.32 Å². The molecule has 4 nitrogen and oxygen atoms in total. The van der Waals surface area contributed by atoms with Gasteiger partial charge in [-0.15, -0.1) is 0 Å². The highest BCUT2D eigenvalue weighted by Crippen LogP contribution is 2.27. The van der Waals surface area contributed by atoms with Crippen molar-refractivity contribution in [2.75, 3.05) is 0 Å². The van der Waals surface area contributed by atoms with E-state index in [9.17, 15) is 14.7 Å². The average Bonchev–Trinajstić information content (AvgIpc) is 2.25. The van der Waals surface area contributed by atoms with Gasteiger partial charge in [0.2, 0.25) is 5.91 Å². The number of amides is 1. The fourth-order valence-electron chi connectivity index (χ4n) is 1.75. The average molecular weight is 217 g/mol. The van der Waals surface area contributed by atoms with Crippen molar-refractivity contribution < 1.29 is 14.7 Å². The molecular weight excluding hydrogens is 206 g/mol. The van der Waals surface area contributed by atoms with E-state index in [-0.39, 0.29) is 29.6 Å². The maximum Gasteiger partial charge on any atom is 0.221 e. The Balaban J connectivity index is 2.51. The van der Waals surface area contributed by atoms with Crippen molar-refractivity contribution in [3.63, 3.8) is 0 Å². The molecule has 2 rings (SSSR count). The summed E-state index contributed by atoms with van der Waals surface area (Å²) in [4.78, 5) is 22.6. The first-order chi connectivity index (χ1) is 7.59. The summed E-state index contributed by atoms with van der Waals surface area (Å²) in [6.07, 6.45) is 0.0302. The zero-order valence-electron chi connectivity index (χ0n) is 8.78. The zero-order chi connectivity index (χ0) is 11.7. The molecule has 0 bridgehead atoms. The third-order valence-electron chi connectivity index (χ3n) is 2.43. The van der Waals surface area contributed by atoms with Crippen LogP contribution in [0.15, 0.2) is 30.0 Å². The third-order valence-corrected chi connectivity index (χ3v) is 2.43. The van der Waals surface area contributed by atoms with Gasteiger partial charge in [-0.05, 0) is 0 Å². The predicted molar refractivity (Wildman–Crippen MR) is 58.8 cm³/mol. The molecule has 0 atom stereocenters. The lowest BCUT2D eigenvalue weighted by atomic mass is 9.92. The quantitative estimate of drug-likeness (QED) is 0.751. The molecule has 0 aliphatic heterocycles. The van der Waals surface area contributed by atoms with E-state index in [0.717, 1.165) is 0 Å². The number of aliphatic hydroxyl groups excluding tert-OH is 1. The fourth-order valence-corrected chi connectivity index (χ4v) is 1.75. The Morgan fingerprint density at radius 1 is 1.31 bits per heavy atom. The first-order valence-electron chi connectivity index (χ1n) is 4.92. The summed E-state index contributed by atoms with van der Waals surface area (Å²) in [5.41, 5.74) is 1.24. The van der Waals surface area contributed by atoms with Crippen molar-refractivity contribution in [3.05, 3.63) is 41.1 Å². The molecule has 0 heterocycles. The van der Waals surface area contributed by atoms with Gasteiger partial charge < -0.3 is 10.4 Å². The number of rotatable bonds is 1. The van der Waals surface area contributed by atoms with E-state index in [4.69, 9.17) is 0 Å². The van der Waals surface area contributed by atoms with Crippen LogP contribution in [0.5, 0.6) is 0 Å². The lowest BCUT2D eigenvalue weighted by Crippen LogP contribution is -2.25. The number of aliphatic hydroxyl groups is 1. The van der Waals surface area contributed by atoms with Crippen molar-refractivity contribution in [1.82, 2.24) is 5.32 Å². The van der Waals surface area contributed by atoms with Crippen LogP contribution in [-0.4, -0.2) is 16.8 Å². The van der Waals surface area contributed by atoms with Crippen LogP contribution in [0, 0.1) is 0 Å². The van der Waals surface area contributed by atoms with Gasteiger partial charge >= 0.3 is 0 Å². The molecule has 1 aliphatic carbocycles. The first kappa shape index (κ1) is 10.4. The topological polar surface area (TPSA) is 66.4 Å². The summed E-state index contributed by atoms with van der Waals surface area (Å²) in [5.74, 6) is -0.420. The molecule has 0 saturated carbocycles. The minimum absolute atomic E-state index is 0.0228. The maximum atomic E-state index is 11.7. The molecule has 82 valence electrons. The summed E-state index contributed by atoms with van der Waals surface area (Å²) in [5, 5.41) is 12.4. The van der Waals surface area contributed by atoms with Gasteiger partial charge in [0.15, 0.2) is 5.78 Å². The second-order valence-corrected chi connectivity index (χ2v) is 3.65. The normalized spacial score (nSPS) is 14.7. The summed E-state index contributed by atoms with van der Waals surface area (Å²) in [6, 6.07) is 6.80. The summed E-state index contributed by atoms with van der Waals surface area (Å²) < 4.78 is 0. The van der Waals surface area contributed by atoms with Gasteiger partial charge in [0.05, 0.1) is 12.1 Å². The highest BCUT2D eigenvalue weighted by Gasteiger charge is 2.24. The number of allylic oxidation sites excluding steroid dienone is 1. The van der Waals surface area contributed by atoms with Crippen molar-refractivity contribution in [2.24, 2.45) is 0 Å². The molecule has 0 fully saturated rings. The largest absolute Gasteiger partial charge is 0.505 e. The van der Waals surface area contributed by atoms with E-state index in [0.29, 0.717) is 11.1 Å². The molecule has 1 aromatic rings. The van der Waals surface area contributed by atoms with Gasteiger partial charge in [-0.2, -0.15) is 0 Å². The molecule has 1 amide bonds. The maximum absolute atomic E-state index is 11.7. The third kappa shape index (κ3) is 1.69. The Morgan fingerprint density at radius 2 is 1.94 bits per heavy atom. The van der Waals surface area contributed by atoms with Crippen molar-refractivity contribution in [2.45, 2.75) is 13.3 Å². The lowest BCUT2D eigenvalue weighted by Gasteiger charge is -2.18. The van der Waals surface area contributed by atoms with E-state index in [1.807, 2.05) is 0 Å². The number of fused-ring (bicyclic) bond motifs is 1. The second-order valence-electron chi connectivity index (χ2n) is 3.65. The van der Waals surface area contributed by atoms with Gasteiger partial charge in [0.1, 0.15) is 5.76 Å². The summed E-state index contributed by atoms with van der Waals surface area (Å²) >= 11 is 0. The Morgan fingerprint density at radius 3 is 2.56 bits per heavy atom. The number of benzene rings is 1. The molecule has 1 aliphatic rings. The molecule has 0 unspecified atom stereocenters. The van der Waals surface area contributed by atoms with Crippen molar-refractivity contribution >= 4 is 17.4 Å². The fraction of sp³-hybridized carbons (Fsp3) is 0.167. The monoisotopic (exact) mass is 217 g/mol. The molecule has 1 aromatic carbocycles. The Labute approximate surface area is 92.6 Å². The number of hydrogen-bond acceptors (Lipinski definition) is 3. The smallest absolute Gasteiger partial charge is 0.221 e. The van der Waals surface area contributed by atoms with Gasteiger partial charge in [0, 0.05) is 18.1 Å². The molecule has 0 saturated heterocycles. The van der Waals surface area contributed by atoms with Crippen LogP contribution in [0.4, 0.5) is 0 Å². The van der Waals surface area contributed by atoms with Crippen LogP contribution in [0.1, 0.15) is 29.3 Å². The van der Waals surface area contributed by atoms with Gasteiger partial charge in [-0.3, -0.25) is 9.59 Å². The van der Waals surface area contributed by atoms with E-state index < -0.39 is 0 Å². The number of carbonyl (C=O) groups is 2. The van der Waals surface area contributed by atoms with Crippen LogP contribution in [0.2, 0.25) is 0 Å². The van der Waals surface area contributed by atoms with E-state index in [1.165, 1.54) is 6.92 Å². The number of nitrogens with one attached hydrogen (secondary N) is 1. The molecule has 4 heteroatoms. The van der Waals surface area contributed by atoms with Crippen LogP contribution >= 0.6 is 0 Å². The predicted octanol–water partition coefficient (Wildman–Crippen LogP) is 1.64. The SMILES string of the molecule is CC(=O)NC1=C(O)c2ccccc2C(=O)C1. The summed E-state index contributed by atoms with van der Waals surface area (Å²) in [7, 11) is 0. The van der Waals surface area contributed by atoms with Gasteiger partial charge in [-0.25, -0.2) is 0 Å². The first-order valence-corrected chi connectivity index (χ1v) is 4.92. The van der Waals surface area contributed by atoms with E-state index in [2.05, 4.69) is 5.32 Å². The molecule has 2 N–H and O–H groups in total. The van der Waals surface area contributed by atoms with Crippen LogP contribution in [-0.2, 0) is 4.79 Å². The number of hydrogen-bond donors (Lipinski definition) is 2. The molecule has 0 radical (unpaired) electrons. The van der Waals surface area contributed by atoms with Crippen LogP contribution in [0.25, 0.3) is 5.76 Å². The van der Waals surface area contributed by atoms with Crippen molar-refractivity contribution in [3.8, 4) is 0 Å². The lowest BCUT2D eigenvalue weighted by molar-refractivity contribution is -0.118. The van der Waals surface area contributed by atoms with Gasteiger partial charge in [0.25, 0.3) is 0 Å².